The molecule has 10 aromatic rings. The minimum Gasteiger partial charge on any atom is -0.310 e. The highest BCUT2D eigenvalue weighted by Gasteiger charge is 2.54. The van der Waals surface area contributed by atoms with Crippen LogP contribution in [0.4, 0.5) is 17.1 Å². The third kappa shape index (κ3) is 4.67. The predicted octanol–water partition coefficient (Wildman–Crippen LogP) is 15.3. The number of rotatable bonds is 4. The summed E-state index contributed by atoms with van der Waals surface area (Å²) in [5.41, 5.74) is 15.8. The van der Waals surface area contributed by atoms with E-state index in [9.17, 15) is 0 Å². The third-order valence-electron chi connectivity index (χ3n) is 13.5. The molecule has 0 fully saturated rings. The molecule has 0 amide bonds. The van der Waals surface area contributed by atoms with Gasteiger partial charge in [0.25, 0.3) is 0 Å². The van der Waals surface area contributed by atoms with E-state index in [0.29, 0.717) is 0 Å². The largest absolute Gasteiger partial charge is 0.310 e. The highest BCUT2D eigenvalue weighted by atomic mass is 15.1. The standard InChI is InChI=1S/C58H41N/c1-57(2)52-30-14-15-31-53(52)58(50-28-12-10-26-47(50)48-27-11-13-29-51(48)58)54-32-17-33-55(56(54)57)59(40-21-16-20-39(36-40)38-18-4-3-5-19-38)41-34-35-46-44-24-7-6-22-42(44)43-23-8-9-25-45(43)49(46)37-41/h3-37H,1-2H3. The van der Waals surface area contributed by atoms with Crippen LogP contribution in [0.5, 0.6) is 0 Å². The average molecular weight is 752 g/mol. The Balaban J connectivity index is 1.20. The van der Waals surface area contributed by atoms with Gasteiger partial charge in [0.2, 0.25) is 0 Å². The number of hydrogen-bond donors (Lipinski definition) is 0. The molecule has 2 aliphatic carbocycles. The fourth-order valence-electron chi connectivity index (χ4n) is 11.1. The SMILES string of the molecule is CC1(C)c2ccccc2C2(c3ccccc3-c3ccccc32)c2cccc(N(c3cccc(-c4ccccc4)c3)c3ccc4c5ccccc5c5ccccc5c4c3)c21. The summed E-state index contributed by atoms with van der Waals surface area (Å²) in [5, 5.41) is 7.63. The predicted molar refractivity (Wildman–Crippen MR) is 249 cm³/mol. The van der Waals surface area contributed by atoms with Crippen LogP contribution < -0.4 is 4.90 Å². The Hall–Kier alpha value is -7.22. The van der Waals surface area contributed by atoms with E-state index < -0.39 is 5.41 Å². The van der Waals surface area contributed by atoms with E-state index in [2.05, 4.69) is 231 Å². The molecule has 0 radical (unpaired) electrons. The van der Waals surface area contributed by atoms with Crippen molar-refractivity contribution in [3.8, 4) is 22.3 Å². The van der Waals surface area contributed by atoms with Gasteiger partial charge in [-0.25, -0.2) is 0 Å². The molecule has 0 aliphatic heterocycles. The van der Waals surface area contributed by atoms with Crippen LogP contribution in [0.3, 0.4) is 0 Å². The molecule has 2 aliphatic rings. The molecule has 0 bridgehead atoms. The van der Waals surface area contributed by atoms with Gasteiger partial charge >= 0.3 is 0 Å². The Labute approximate surface area is 345 Å². The normalized spacial score (nSPS) is 14.2. The number of hydrogen-bond acceptors (Lipinski definition) is 1. The molecular formula is C58H41N. The van der Waals surface area contributed by atoms with Crippen LogP contribution in [0.1, 0.15) is 47.2 Å². The van der Waals surface area contributed by atoms with Crippen molar-refractivity contribution in [1.82, 2.24) is 0 Å². The maximum atomic E-state index is 2.55. The van der Waals surface area contributed by atoms with Crippen LogP contribution in [0.15, 0.2) is 212 Å². The van der Waals surface area contributed by atoms with Crippen LogP contribution in [-0.4, -0.2) is 0 Å². The van der Waals surface area contributed by atoms with Gasteiger partial charge < -0.3 is 4.90 Å². The molecule has 0 saturated heterocycles. The molecule has 59 heavy (non-hydrogen) atoms. The summed E-state index contributed by atoms with van der Waals surface area (Å²) in [5.74, 6) is 0. The zero-order chi connectivity index (χ0) is 39.3. The molecular weight excluding hydrogens is 711 g/mol. The van der Waals surface area contributed by atoms with Crippen molar-refractivity contribution in [2.75, 3.05) is 4.90 Å². The zero-order valence-corrected chi connectivity index (χ0v) is 33.2. The van der Waals surface area contributed by atoms with Crippen molar-refractivity contribution < 1.29 is 0 Å². The number of fused-ring (bicyclic) bond motifs is 15. The van der Waals surface area contributed by atoms with Crippen molar-refractivity contribution in [3.63, 3.8) is 0 Å². The van der Waals surface area contributed by atoms with Crippen molar-refractivity contribution in [2.45, 2.75) is 24.7 Å². The van der Waals surface area contributed by atoms with Crippen molar-refractivity contribution >= 4 is 49.4 Å². The van der Waals surface area contributed by atoms with Crippen LogP contribution in [0.2, 0.25) is 0 Å². The van der Waals surface area contributed by atoms with E-state index in [1.54, 1.807) is 0 Å². The second-order valence-corrected chi connectivity index (χ2v) is 16.8. The van der Waals surface area contributed by atoms with Crippen molar-refractivity contribution in [3.05, 3.63) is 246 Å². The maximum absolute atomic E-state index is 2.55. The second kappa shape index (κ2) is 12.6. The summed E-state index contributed by atoms with van der Waals surface area (Å²) >= 11 is 0. The molecule has 0 saturated carbocycles. The first kappa shape index (κ1) is 33.9. The van der Waals surface area contributed by atoms with Gasteiger partial charge in [-0.3, -0.25) is 0 Å². The lowest BCUT2D eigenvalue weighted by molar-refractivity contribution is 0.564. The monoisotopic (exact) mass is 751 g/mol. The summed E-state index contributed by atoms with van der Waals surface area (Å²) in [6.45, 7) is 4.87. The Morgan fingerprint density at radius 3 is 1.46 bits per heavy atom. The van der Waals surface area contributed by atoms with Gasteiger partial charge in [-0.1, -0.05) is 196 Å². The Kier molecular flexibility index (Phi) is 7.26. The van der Waals surface area contributed by atoms with Crippen molar-refractivity contribution in [1.29, 1.82) is 0 Å². The van der Waals surface area contributed by atoms with Crippen LogP contribution in [0.25, 0.3) is 54.6 Å². The number of anilines is 3. The molecule has 1 heteroatoms. The minimum atomic E-state index is -0.485. The summed E-state index contributed by atoms with van der Waals surface area (Å²) in [4.78, 5) is 2.55. The summed E-state index contributed by atoms with van der Waals surface area (Å²) < 4.78 is 0. The third-order valence-corrected chi connectivity index (χ3v) is 13.5. The quantitative estimate of drug-likeness (QED) is 0.162. The highest BCUT2D eigenvalue weighted by Crippen LogP contribution is 2.63. The van der Waals surface area contributed by atoms with Gasteiger partial charge in [0.15, 0.2) is 0 Å². The molecule has 1 spiro atoms. The average Bonchev–Trinajstić information content (AvgIpc) is 3.60. The molecule has 12 rings (SSSR count). The zero-order valence-electron chi connectivity index (χ0n) is 33.2. The second-order valence-electron chi connectivity index (χ2n) is 16.8. The number of nitrogens with zero attached hydrogens (tertiary/aromatic N) is 1. The van der Waals surface area contributed by atoms with E-state index >= 15 is 0 Å². The van der Waals surface area contributed by atoms with E-state index in [4.69, 9.17) is 0 Å². The fourth-order valence-corrected chi connectivity index (χ4v) is 11.1. The van der Waals surface area contributed by atoms with E-state index in [1.165, 1.54) is 93.6 Å². The Bertz CT molecular complexity index is 3240. The fraction of sp³-hybridized carbons (Fsp3) is 0.0690. The van der Waals surface area contributed by atoms with Gasteiger partial charge in [-0.2, -0.15) is 0 Å². The molecule has 0 atom stereocenters. The first-order valence-electron chi connectivity index (χ1n) is 20.8. The first-order chi connectivity index (χ1) is 29.0. The summed E-state index contributed by atoms with van der Waals surface area (Å²) in [6, 6.07) is 79.3. The molecule has 0 aromatic heterocycles. The lowest BCUT2D eigenvalue weighted by atomic mass is 9.55. The molecule has 1 nitrogen and oxygen atoms in total. The van der Waals surface area contributed by atoms with E-state index in [-0.39, 0.29) is 5.41 Å². The van der Waals surface area contributed by atoms with Gasteiger partial charge in [-0.05, 0) is 118 Å². The molecule has 0 heterocycles. The lowest BCUT2D eigenvalue weighted by Crippen LogP contribution is -2.41. The van der Waals surface area contributed by atoms with Gasteiger partial charge in [0.05, 0.1) is 11.1 Å². The van der Waals surface area contributed by atoms with Crippen molar-refractivity contribution in [2.24, 2.45) is 0 Å². The first-order valence-corrected chi connectivity index (χ1v) is 20.8. The lowest BCUT2D eigenvalue weighted by Gasteiger charge is -2.48. The minimum absolute atomic E-state index is 0.338. The molecule has 0 unspecified atom stereocenters. The topological polar surface area (TPSA) is 3.24 Å². The van der Waals surface area contributed by atoms with E-state index in [1.807, 2.05) is 0 Å². The summed E-state index contributed by atoms with van der Waals surface area (Å²) in [7, 11) is 0. The van der Waals surface area contributed by atoms with Crippen LogP contribution in [-0.2, 0) is 10.8 Å². The summed E-state index contributed by atoms with van der Waals surface area (Å²) in [6.07, 6.45) is 0. The molecule has 10 aromatic carbocycles. The number of benzene rings is 10. The smallest absolute Gasteiger partial charge is 0.0720 e. The molecule has 0 N–H and O–H groups in total. The van der Waals surface area contributed by atoms with Gasteiger partial charge in [-0.15, -0.1) is 0 Å². The Morgan fingerprint density at radius 2 is 0.797 bits per heavy atom. The highest BCUT2D eigenvalue weighted by molar-refractivity contribution is 6.25. The van der Waals surface area contributed by atoms with Gasteiger partial charge in [0.1, 0.15) is 0 Å². The van der Waals surface area contributed by atoms with E-state index in [0.717, 1.165) is 11.4 Å². The van der Waals surface area contributed by atoms with Crippen LogP contribution >= 0.6 is 0 Å². The maximum Gasteiger partial charge on any atom is 0.0720 e. The van der Waals surface area contributed by atoms with Gasteiger partial charge in [0, 0.05) is 16.8 Å². The Morgan fingerprint density at radius 1 is 0.322 bits per heavy atom. The molecule has 278 valence electrons. The van der Waals surface area contributed by atoms with Crippen LogP contribution in [0, 0.1) is 0 Å².